The van der Waals surface area contributed by atoms with E-state index in [1.807, 2.05) is 12.2 Å². The van der Waals surface area contributed by atoms with Crippen molar-refractivity contribution in [3.05, 3.63) is 42.0 Å². The van der Waals surface area contributed by atoms with Gasteiger partial charge in [0.25, 0.3) is 0 Å². The van der Waals surface area contributed by atoms with Gasteiger partial charge in [0, 0.05) is 32.0 Å². The van der Waals surface area contributed by atoms with Crippen molar-refractivity contribution >= 4 is 5.97 Å². The number of rotatable bonds is 16. The molecule has 4 rings (SSSR count). The predicted octanol–water partition coefficient (Wildman–Crippen LogP) is 5.88. The Hall–Kier alpha value is -2.22. The number of halogens is 3. The maximum Gasteiger partial charge on any atom is 0.416 e. The van der Waals surface area contributed by atoms with Gasteiger partial charge in [-0.05, 0) is 76.0 Å². The summed E-state index contributed by atoms with van der Waals surface area (Å²) in [5, 5.41) is 19.9. The van der Waals surface area contributed by atoms with E-state index in [9.17, 15) is 23.1 Å². The predicted molar refractivity (Wildman–Crippen MR) is 153 cm³/mol. The van der Waals surface area contributed by atoms with E-state index in [1.54, 1.807) is 0 Å². The molecule has 7 atom stereocenters. The lowest BCUT2D eigenvalue weighted by Crippen LogP contribution is -2.40. The fourth-order valence-electron chi connectivity index (χ4n) is 5.78. The molecule has 1 aliphatic carbocycles. The summed E-state index contributed by atoms with van der Waals surface area (Å²) in [7, 11) is 0. The molecule has 1 aromatic rings. The number of carbonyl (C=O) groups is 1. The van der Waals surface area contributed by atoms with Gasteiger partial charge in [-0.15, -0.1) is 0 Å². The molecule has 0 aromatic heterocycles. The van der Waals surface area contributed by atoms with Gasteiger partial charge in [-0.3, -0.25) is 4.79 Å². The molecule has 2 heterocycles. The van der Waals surface area contributed by atoms with Crippen LogP contribution in [0.1, 0.15) is 76.2 Å². The Morgan fingerprint density at radius 3 is 2.48 bits per heavy atom. The highest BCUT2D eigenvalue weighted by Gasteiger charge is 2.45. The Kier molecular flexibility index (Phi) is 13.8. The number of ether oxygens (including phenoxy) is 6. The zero-order valence-electron chi connectivity index (χ0n) is 25.0. The zero-order valence-corrected chi connectivity index (χ0v) is 25.0. The number of hydrogen-bond donors (Lipinski definition) is 2. The van der Waals surface area contributed by atoms with Crippen LogP contribution in [0, 0.1) is 5.92 Å². The molecule has 2 N–H and O–H groups in total. The molecule has 9 nitrogen and oxygen atoms in total. The van der Waals surface area contributed by atoms with Crippen LogP contribution in [0.25, 0.3) is 0 Å². The average molecular weight is 631 g/mol. The largest absolute Gasteiger partial charge is 0.491 e. The zero-order chi connectivity index (χ0) is 31.4. The summed E-state index contributed by atoms with van der Waals surface area (Å²) in [6.45, 7) is 1.14. The minimum atomic E-state index is -4.49. The van der Waals surface area contributed by atoms with Crippen LogP contribution in [0.3, 0.4) is 0 Å². The van der Waals surface area contributed by atoms with Gasteiger partial charge in [0.2, 0.25) is 0 Å². The summed E-state index contributed by atoms with van der Waals surface area (Å²) in [6.07, 6.45) is 3.53. The number of unbranched alkanes of at least 4 members (excludes halogenated alkanes) is 1. The van der Waals surface area contributed by atoms with E-state index in [1.165, 1.54) is 12.1 Å². The van der Waals surface area contributed by atoms with Crippen LogP contribution in [-0.4, -0.2) is 79.6 Å². The first-order chi connectivity index (χ1) is 21.2. The molecule has 44 heavy (non-hydrogen) atoms. The van der Waals surface area contributed by atoms with Crippen molar-refractivity contribution in [2.45, 2.75) is 114 Å². The summed E-state index contributed by atoms with van der Waals surface area (Å²) in [6, 6.07) is 4.70. The van der Waals surface area contributed by atoms with Crippen LogP contribution in [0.2, 0.25) is 0 Å². The van der Waals surface area contributed by atoms with E-state index in [0.717, 1.165) is 44.2 Å². The van der Waals surface area contributed by atoms with Gasteiger partial charge >= 0.3 is 12.1 Å². The van der Waals surface area contributed by atoms with Crippen molar-refractivity contribution in [3.63, 3.8) is 0 Å². The fourth-order valence-corrected chi connectivity index (χ4v) is 5.78. The highest BCUT2D eigenvalue weighted by Crippen LogP contribution is 2.36. The quantitative estimate of drug-likeness (QED) is 0.171. The lowest BCUT2D eigenvalue weighted by atomic mass is 9.98. The second kappa shape index (κ2) is 17.5. The van der Waals surface area contributed by atoms with E-state index >= 15 is 0 Å². The molecule has 2 saturated heterocycles. The number of allylic oxidation sites excluding steroid dienone is 2. The second-order valence-corrected chi connectivity index (χ2v) is 11.6. The Bertz CT molecular complexity index is 1020. The third-order valence-electron chi connectivity index (χ3n) is 8.11. The number of carboxylic acid groups (broad SMARTS) is 1. The van der Waals surface area contributed by atoms with Crippen LogP contribution >= 0.6 is 0 Å². The summed E-state index contributed by atoms with van der Waals surface area (Å²) in [5.41, 5.74) is -0.803. The summed E-state index contributed by atoms with van der Waals surface area (Å²) < 4.78 is 75.9. The Balaban J connectivity index is 1.43. The third kappa shape index (κ3) is 11.3. The molecule has 0 spiro atoms. The molecule has 0 radical (unpaired) electrons. The van der Waals surface area contributed by atoms with Crippen molar-refractivity contribution in [3.8, 4) is 5.75 Å². The molecule has 248 valence electrons. The van der Waals surface area contributed by atoms with Crippen LogP contribution in [0.5, 0.6) is 5.75 Å². The van der Waals surface area contributed by atoms with Gasteiger partial charge < -0.3 is 38.6 Å². The number of alkyl halides is 3. The van der Waals surface area contributed by atoms with E-state index in [4.69, 9.17) is 33.5 Å². The lowest BCUT2D eigenvalue weighted by Gasteiger charge is -2.32. The molecule has 1 aromatic carbocycles. The minimum absolute atomic E-state index is 0.0421. The van der Waals surface area contributed by atoms with E-state index in [0.29, 0.717) is 45.3 Å². The number of hydrogen-bond acceptors (Lipinski definition) is 8. The molecule has 0 bridgehead atoms. The summed E-state index contributed by atoms with van der Waals surface area (Å²) in [4.78, 5) is 10.8. The lowest BCUT2D eigenvalue weighted by molar-refractivity contribution is -0.226. The molecule has 1 saturated carbocycles. The summed E-state index contributed by atoms with van der Waals surface area (Å²) in [5.74, 6) is -1.07. The smallest absolute Gasteiger partial charge is 0.416 e. The number of carboxylic acids is 1. The SMILES string of the molecule is O=C(O)CCCC=CCC1C(O)CC(OC2CCCCO2)C1OCC(COc1cccc(C(F)(F)F)c1)OC1CCCCO1. The number of aliphatic hydroxyl groups is 1. The fraction of sp³-hybridized carbons (Fsp3) is 0.719. The van der Waals surface area contributed by atoms with Crippen LogP contribution in [0.15, 0.2) is 36.4 Å². The van der Waals surface area contributed by atoms with Gasteiger partial charge in [0.15, 0.2) is 12.6 Å². The van der Waals surface area contributed by atoms with E-state index < -0.39 is 48.4 Å². The Morgan fingerprint density at radius 1 is 1.05 bits per heavy atom. The monoisotopic (exact) mass is 630 g/mol. The van der Waals surface area contributed by atoms with Crippen LogP contribution < -0.4 is 4.74 Å². The van der Waals surface area contributed by atoms with E-state index in [-0.39, 0.29) is 37.6 Å². The normalized spacial score (nSPS) is 28.7. The van der Waals surface area contributed by atoms with Gasteiger partial charge in [0.05, 0.1) is 30.5 Å². The Labute approximate surface area is 256 Å². The number of aliphatic hydroxyl groups excluding tert-OH is 1. The molecule has 2 aliphatic heterocycles. The van der Waals surface area contributed by atoms with Crippen molar-refractivity contribution in [2.24, 2.45) is 5.92 Å². The molecule has 12 heteroatoms. The van der Waals surface area contributed by atoms with Crippen molar-refractivity contribution in [1.29, 1.82) is 0 Å². The molecule has 3 fully saturated rings. The minimum Gasteiger partial charge on any atom is -0.491 e. The maximum absolute atomic E-state index is 13.2. The van der Waals surface area contributed by atoms with Crippen LogP contribution in [-0.2, 0) is 34.7 Å². The number of benzene rings is 1. The van der Waals surface area contributed by atoms with Gasteiger partial charge in [0.1, 0.15) is 18.5 Å². The van der Waals surface area contributed by atoms with Gasteiger partial charge in [-0.25, -0.2) is 0 Å². The highest BCUT2D eigenvalue weighted by atomic mass is 19.4. The average Bonchev–Trinajstić information content (AvgIpc) is 3.29. The first kappa shape index (κ1) is 34.6. The van der Waals surface area contributed by atoms with Gasteiger partial charge in [-0.1, -0.05) is 18.2 Å². The van der Waals surface area contributed by atoms with Crippen molar-refractivity contribution in [2.75, 3.05) is 26.4 Å². The highest BCUT2D eigenvalue weighted by molar-refractivity contribution is 5.66. The Morgan fingerprint density at radius 2 is 1.80 bits per heavy atom. The topological polar surface area (TPSA) is 113 Å². The first-order valence-electron chi connectivity index (χ1n) is 15.7. The molecular formula is C32H45F3O9. The molecule has 3 aliphatic rings. The number of aliphatic carboxylic acids is 1. The molecule has 7 unspecified atom stereocenters. The van der Waals surface area contributed by atoms with Crippen LogP contribution in [0.4, 0.5) is 13.2 Å². The second-order valence-electron chi connectivity index (χ2n) is 11.6. The standard InChI is InChI=1S/C32H45F3O9/c33-32(34,35)22-10-9-11-23(18-22)41-20-24(43-29-14-5-7-16-39-29)21-42-31-25(12-3-1-2-4-13-28(37)38)26(36)19-27(31)44-30-15-6-8-17-40-30/h1,3,9-11,18,24-27,29-31,36H,2,4-8,12-17,19-21H2,(H,37,38). The molecular weight excluding hydrogens is 585 g/mol. The summed E-state index contributed by atoms with van der Waals surface area (Å²) >= 11 is 0. The third-order valence-corrected chi connectivity index (χ3v) is 8.11. The van der Waals surface area contributed by atoms with Crippen molar-refractivity contribution in [1.82, 2.24) is 0 Å². The molecule has 0 amide bonds. The van der Waals surface area contributed by atoms with E-state index in [2.05, 4.69) is 0 Å². The van der Waals surface area contributed by atoms with Gasteiger partial charge in [-0.2, -0.15) is 13.2 Å². The first-order valence-corrected chi connectivity index (χ1v) is 15.7. The van der Waals surface area contributed by atoms with Crippen molar-refractivity contribution < 1.29 is 56.6 Å². The maximum atomic E-state index is 13.2.